The van der Waals surface area contributed by atoms with Crippen molar-refractivity contribution in [1.29, 1.82) is 0 Å². The van der Waals surface area contributed by atoms with Crippen LogP contribution in [0.15, 0.2) is 12.4 Å². The van der Waals surface area contributed by atoms with E-state index in [1.54, 1.807) is 4.90 Å². The van der Waals surface area contributed by atoms with Gasteiger partial charge in [-0.15, -0.1) is 16.4 Å². The van der Waals surface area contributed by atoms with Crippen LogP contribution in [0.2, 0.25) is 0 Å². The Balaban J connectivity index is 1.27. The van der Waals surface area contributed by atoms with Crippen molar-refractivity contribution in [2.75, 3.05) is 37.7 Å². The zero-order chi connectivity index (χ0) is 31.9. The minimum absolute atomic E-state index is 0.0603. The summed E-state index contributed by atoms with van der Waals surface area (Å²) in [4.78, 5) is 26.8. The molecule has 0 spiro atoms. The van der Waals surface area contributed by atoms with Crippen molar-refractivity contribution >= 4 is 94.1 Å². The molecule has 43 heavy (non-hydrogen) atoms. The van der Waals surface area contributed by atoms with Crippen molar-refractivity contribution in [3.63, 3.8) is 0 Å². The number of amides is 1. The third kappa shape index (κ3) is 6.96. The second-order valence-electron chi connectivity index (χ2n) is 13.2. The van der Waals surface area contributed by atoms with E-state index in [4.69, 9.17) is 4.74 Å². The molecule has 0 unspecified atom stereocenters. The number of halogens is 3. The highest BCUT2D eigenvalue weighted by Crippen LogP contribution is 2.29. The molecule has 1 aromatic heterocycles. The number of benzene rings is 1. The summed E-state index contributed by atoms with van der Waals surface area (Å²) in [6, 6.07) is -0.376. The first kappa shape index (κ1) is 33.5. The number of piperazine rings is 1. The first-order valence-corrected chi connectivity index (χ1v) is 15.5. The van der Waals surface area contributed by atoms with E-state index in [0.29, 0.717) is 31.4 Å². The number of carbonyl (C=O) groups excluding carboxylic acids is 1. The lowest BCUT2D eigenvalue weighted by Gasteiger charge is -2.46. The molecule has 0 saturated carbocycles. The number of aromatic nitrogens is 2. The molecule has 1 aromatic carbocycles. The minimum Gasteiger partial charge on any atom is -0.449 e. The Morgan fingerprint density at radius 2 is 1.44 bits per heavy atom. The third-order valence-electron chi connectivity index (χ3n) is 10.2. The summed E-state index contributed by atoms with van der Waals surface area (Å²) >= 11 is 0. The summed E-state index contributed by atoms with van der Waals surface area (Å²) in [6.07, 6.45) is 0.0142. The average molecular weight is 588 g/mol. The van der Waals surface area contributed by atoms with Crippen molar-refractivity contribution in [2.45, 2.75) is 56.7 Å². The second kappa shape index (κ2) is 12.9. The maximum absolute atomic E-state index is 13.1. The first-order valence-electron chi connectivity index (χ1n) is 15.5. The number of anilines is 1. The number of alkyl halides is 3. The van der Waals surface area contributed by atoms with Gasteiger partial charge in [0.05, 0.1) is 31.1 Å². The van der Waals surface area contributed by atoms with E-state index in [9.17, 15) is 18.0 Å². The zero-order valence-electron chi connectivity index (χ0n) is 27.2. The fraction of sp³-hybridized carbons (Fsp3) is 0.577. The Morgan fingerprint density at radius 3 is 1.93 bits per heavy atom. The summed E-state index contributed by atoms with van der Waals surface area (Å²) in [5.74, 6) is 0.876. The topological polar surface area (TPSA) is 61.8 Å². The number of ether oxygens (including phenoxy) is 1. The van der Waals surface area contributed by atoms with Gasteiger partial charge in [0.15, 0.2) is 5.69 Å². The van der Waals surface area contributed by atoms with Crippen LogP contribution < -0.4 is 32.2 Å². The van der Waals surface area contributed by atoms with E-state index in [2.05, 4.69) is 69.8 Å². The molecule has 0 bridgehead atoms. The molecule has 0 N–H and O–H groups in total. The summed E-state index contributed by atoms with van der Waals surface area (Å²) in [7, 11) is 15.9. The van der Waals surface area contributed by atoms with Gasteiger partial charge in [-0.1, -0.05) is 16.5 Å². The zero-order valence-corrected chi connectivity index (χ0v) is 27.2. The maximum Gasteiger partial charge on any atom is 0.434 e. The van der Waals surface area contributed by atoms with Gasteiger partial charge < -0.3 is 14.5 Å². The predicted molar refractivity (Wildman–Crippen MR) is 186 cm³/mol. The molecule has 0 aliphatic carbocycles. The number of nitrogens with zero attached hydrogens (tertiary/aromatic N) is 5. The Kier molecular flexibility index (Phi) is 10.0. The highest BCUT2D eigenvalue weighted by Gasteiger charge is 2.37. The summed E-state index contributed by atoms with van der Waals surface area (Å²) in [5, 5.41) is -0.0603. The number of hydrogen-bond donors (Lipinski definition) is 0. The van der Waals surface area contributed by atoms with Crippen LogP contribution in [0.4, 0.5) is 23.8 Å². The Bertz CT molecular complexity index is 1290. The molecule has 2 saturated heterocycles. The lowest BCUT2D eigenvalue weighted by atomic mass is 9.48. The Hall–Kier alpha value is -2.43. The molecule has 2 aromatic rings. The van der Waals surface area contributed by atoms with Crippen molar-refractivity contribution in [2.24, 2.45) is 5.92 Å². The fourth-order valence-corrected chi connectivity index (χ4v) is 7.24. The van der Waals surface area contributed by atoms with Gasteiger partial charge in [0.25, 0.3) is 0 Å². The van der Waals surface area contributed by atoms with E-state index in [0.717, 1.165) is 44.7 Å². The molecular formula is C26H41B7F3N5O2. The van der Waals surface area contributed by atoms with Crippen LogP contribution in [-0.4, -0.2) is 126 Å². The smallest absolute Gasteiger partial charge is 0.434 e. The van der Waals surface area contributed by atoms with E-state index in [-0.39, 0.29) is 23.5 Å². The number of likely N-dealkylation sites (tertiary alicyclic amines) is 1. The van der Waals surface area contributed by atoms with E-state index >= 15 is 0 Å². The SMILES string of the molecule is Bc1c(B)c(B)c(C(B)(B)N2CCC(CCOC(=O)N3[C@H](C)CN(c4cnc(C(F)(F)F)cn4)C[C@H]3C)CC2)c(B)c1B. The van der Waals surface area contributed by atoms with E-state index in [1.165, 1.54) is 32.9 Å². The number of hydrogen-bond acceptors (Lipinski definition) is 6. The fourth-order valence-electron chi connectivity index (χ4n) is 7.24. The average Bonchev–Trinajstić information content (AvgIpc) is 2.94. The molecule has 17 heteroatoms. The number of carbonyl (C=O) groups is 1. The molecular weight excluding hydrogens is 547 g/mol. The lowest BCUT2D eigenvalue weighted by molar-refractivity contribution is -0.141. The Morgan fingerprint density at radius 1 is 0.907 bits per heavy atom. The molecule has 2 atom stereocenters. The van der Waals surface area contributed by atoms with Crippen molar-refractivity contribution in [1.82, 2.24) is 19.8 Å². The van der Waals surface area contributed by atoms with Crippen LogP contribution in [0.25, 0.3) is 0 Å². The molecule has 1 amide bonds. The lowest BCUT2D eigenvalue weighted by Crippen LogP contribution is -2.63. The standard InChI is InChI=1S/C26H41B7F3N5O2/c1-13-11-39(17-10-37-16(9-38-17)26(34,35)36)12-14(2)41(13)24(42)43-8-5-15-3-6-40(7-4-15)25(32,33)18-19(27)21(29)23(31)22(30)20(18)28/h9-10,13-15H,3-8,11-12,27-33H2,1-2H3/t13-,14-/m1/s1. The summed E-state index contributed by atoms with van der Waals surface area (Å²) < 4.78 is 44.3. The van der Waals surface area contributed by atoms with Gasteiger partial charge in [-0.25, -0.2) is 14.8 Å². The molecule has 2 aliphatic heterocycles. The van der Waals surface area contributed by atoms with Gasteiger partial charge >= 0.3 is 12.3 Å². The third-order valence-corrected chi connectivity index (χ3v) is 10.2. The highest BCUT2D eigenvalue weighted by atomic mass is 19.4. The maximum atomic E-state index is 13.1. The molecule has 0 radical (unpaired) electrons. The quantitative estimate of drug-likeness (QED) is 0.314. The minimum atomic E-state index is -4.53. The van der Waals surface area contributed by atoms with E-state index in [1.807, 2.05) is 18.7 Å². The normalized spacial score (nSPS) is 20.8. The first-order chi connectivity index (χ1) is 20.0. The monoisotopic (exact) mass is 589 g/mol. The van der Waals surface area contributed by atoms with Crippen molar-refractivity contribution in [3.8, 4) is 0 Å². The van der Waals surface area contributed by atoms with Crippen LogP contribution in [0, 0.1) is 5.92 Å². The summed E-state index contributed by atoms with van der Waals surface area (Å²) in [6.45, 7) is 7.11. The molecule has 2 aliphatic rings. The molecule has 4 rings (SSSR count). The largest absolute Gasteiger partial charge is 0.449 e. The van der Waals surface area contributed by atoms with Gasteiger partial charge in [-0.3, -0.25) is 4.90 Å². The van der Waals surface area contributed by atoms with E-state index < -0.39 is 11.9 Å². The van der Waals surface area contributed by atoms with Gasteiger partial charge in [0.1, 0.15) is 60.7 Å². The van der Waals surface area contributed by atoms with Crippen LogP contribution in [0.1, 0.15) is 44.4 Å². The number of rotatable bonds is 6. The molecule has 2 fully saturated rings. The summed E-state index contributed by atoms with van der Waals surface area (Å²) in [5.41, 5.74) is 7.40. The van der Waals surface area contributed by atoms with Crippen LogP contribution in [0.3, 0.4) is 0 Å². The van der Waals surface area contributed by atoms with Gasteiger partial charge in [0.2, 0.25) is 0 Å². The molecule has 3 heterocycles. The van der Waals surface area contributed by atoms with Crippen LogP contribution in [-0.2, 0) is 16.3 Å². The van der Waals surface area contributed by atoms with Crippen LogP contribution >= 0.6 is 0 Å². The Labute approximate surface area is 260 Å². The van der Waals surface area contributed by atoms with Gasteiger partial charge in [-0.2, -0.15) is 13.2 Å². The van der Waals surface area contributed by atoms with Crippen molar-refractivity contribution in [3.05, 3.63) is 23.7 Å². The highest BCUT2D eigenvalue weighted by molar-refractivity contribution is 6.68. The molecule has 224 valence electrons. The van der Waals surface area contributed by atoms with Gasteiger partial charge in [0, 0.05) is 13.1 Å². The second-order valence-corrected chi connectivity index (χ2v) is 13.2. The van der Waals surface area contributed by atoms with Gasteiger partial charge in [-0.05, 0) is 57.5 Å². The molecule has 7 nitrogen and oxygen atoms in total. The van der Waals surface area contributed by atoms with Crippen LogP contribution in [0.5, 0.6) is 0 Å². The number of piperidine rings is 1. The van der Waals surface area contributed by atoms with Crippen molar-refractivity contribution < 1.29 is 22.7 Å². The predicted octanol–water partition coefficient (Wildman–Crippen LogP) is -6.00.